The molecule has 4 rings (SSSR count). The molecule has 0 spiro atoms. The van der Waals surface area contributed by atoms with Crippen molar-refractivity contribution >= 4 is 29.3 Å². The number of benzene rings is 3. The Morgan fingerprint density at radius 1 is 0.912 bits per heavy atom. The lowest BCUT2D eigenvalue weighted by atomic mass is 10.1. The van der Waals surface area contributed by atoms with Crippen LogP contribution in [0.3, 0.4) is 0 Å². The number of carboxylic acid groups (broad SMARTS) is 1. The highest BCUT2D eigenvalue weighted by Gasteiger charge is 2.13. The van der Waals surface area contributed by atoms with Crippen molar-refractivity contribution < 1.29 is 19.4 Å². The summed E-state index contributed by atoms with van der Waals surface area (Å²) in [5, 5.41) is 11.9. The van der Waals surface area contributed by atoms with E-state index in [1.165, 1.54) is 32.0 Å². The fourth-order valence-corrected chi connectivity index (χ4v) is 4.69. The molecule has 1 amide bonds. The molecule has 0 saturated carbocycles. The molecule has 0 aromatic heterocycles. The molecule has 0 aliphatic carbocycles. The van der Waals surface area contributed by atoms with Gasteiger partial charge in [0.1, 0.15) is 12.4 Å². The van der Waals surface area contributed by atoms with E-state index in [2.05, 4.69) is 22.3 Å². The molecule has 0 bridgehead atoms. The Bertz CT molecular complexity index is 1110. The molecule has 7 heteroatoms. The van der Waals surface area contributed by atoms with E-state index in [-0.39, 0.29) is 17.9 Å². The maximum atomic E-state index is 12.4. The topological polar surface area (TPSA) is 78.9 Å². The van der Waals surface area contributed by atoms with Crippen LogP contribution in [0.15, 0.2) is 82.6 Å². The number of nitrogens with one attached hydrogen (secondary N) is 1. The van der Waals surface area contributed by atoms with Gasteiger partial charge < -0.3 is 15.2 Å². The molecule has 0 radical (unpaired) electrons. The summed E-state index contributed by atoms with van der Waals surface area (Å²) in [6.45, 7) is 4.05. The van der Waals surface area contributed by atoms with Gasteiger partial charge in [0, 0.05) is 16.3 Å². The maximum absolute atomic E-state index is 12.4. The number of carbonyl (C=O) groups excluding carboxylic acids is 1. The minimum Gasteiger partial charge on any atom is -0.492 e. The van der Waals surface area contributed by atoms with Crippen LogP contribution in [-0.4, -0.2) is 48.1 Å². The van der Waals surface area contributed by atoms with Gasteiger partial charge in [-0.05, 0) is 80.0 Å². The van der Waals surface area contributed by atoms with Crippen molar-refractivity contribution in [2.75, 3.05) is 31.6 Å². The van der Waals surface area contributed by atoms with Gasteiger partial charge in [0.25, 0.3) is 0 Å². The molecule has 2 N–H and O–H groups in total. The normalized spacial score (nSPS) is 13.5. The molecule has 0 unspecified atom stereocenters. The molecule has 1 heterocycles. The highest BCUT2D eigenvalue weighted by Crippen LogP contribution is 2.29. The second-order valence-corrected chi connectivity index (χ2v) is 9.34. The highest BCUT2D eigenvalue weighted by atomic mass is 32.2. The van der Waals surface area contributed by atoms with Crippen LogP contribution in [0.1, 0.15) is 28.8 Å². The number of likely N-dealkylation sites (tertiary alicyclic amines) is 1. The van der Waals surface area contributed by atoms with Gasteiger partial charge in [-0.15, -0.1) is 0 Å². The van der Waals surface area contributed by atoms with Crippen LogP contribution in [0.5, 0.6) is 5.75 Å². The number of hydrogen-bond donors (Lipinski definition) is 2. The van der Waals surface area contributed by atoms with Crippen molar-refractivity contribution in [1.29, 1.82) is 0 Å². The van der Waals surface area contributed by atoms with Gasteiger partial charge in [0.2, 0.25) is 5.91 Å². The third-order valence-electron chi connectivity index (χ3n) is 5.65. The van der Waals surface area contributed by atoms with Gasteiger partial charge in [-0.25, -0.2) is 4.79 Å². The Morgan fingerprint density at radius 2 is 1.56 bits per heavy atom. The number of carbonyl (C=O) groups is 2. The van der Waals surface area contributed by atoms with Crippen LogP contribution in [0, 0.1) is 0 Å². The molecular formula is C27H28N2O4S. The largest absolute Gasteiger partial charge is 0.492 e. The van der Waals surface area contributed by atoms with Crippen molar-refractivity contribution in [3.05, 3.63) is 83.9 Å². The molecule has 1 saturated heterocycles. The number of hydrogen-bond acceptors (Lipinski definition) is 5. The van der Waals surface area contributed by atoms with Gasteiger partial charge in [-0.1, -0.05) is 36.0 Å². The zero-order valence-corrected chi connectivity index (χ0v) is 19.7. The summed E-state index contributed by atoms with van der Waals surface area (Å²) in [4.78, 5) is 28.3. The van der Waals surface area contributed by atoms with Gasteiger partial charge in [-0.2, -0.15) is 0 Å². The van der Waals surface area contributed by atoms with Gasteiger partial charge in [-0.3, -0.25) is 9.69 Å². The molecule has 1 fully saturated rings. The van der Waals surface area contributed by atoms with Crippen LogP contribution in [0.2, 0.25) is 0 Å². The van der Waals surface area contributed by atoms with E-state index in [1.54, 1.807) is 30.0 Å². The van der Waals surface area contributed by atoms with E-state index in [9.17, 15) is 14.7 Å². The van der Waals surface area contributed by atoms with Crippen molar-refractivity contribution in [1.82, 2.24) is 4.90 Å². The number of anilines is 1. The molecule has 6 nitrogen and oxygen atoms in total. The van der Waals surface area contributed by atoms with Crippen molar-refractivity contribution in [3.63, 3.8) is 0 Å². The first-order valence-electron chi connectivity index (χ1n) is 11.4. The summed E-state index contributed by atoms with van der Waals surface area (Å²) < 4.78 is 5.87. The Hall–Kier alpha value is -3.29. The lowest BCUT2D eigenvalue weighted by Gasteiger charge is -2.15. The summed E-state index contributed by atoms with van der Waals surface area (Å²) in [5.74, 6) is -0.442. The summed E-state index contributed by atoms with van der Waals surface area (Å²) in [6.07, 6.45) is 2.76. The van der Waals surface area contributed by atoms with E-state index in [0.717, 1.165) is 27.6 Å². The molecule has 0 atom stereocenters. The Kier molecular flexibility index (Phi) is 8.22. The predicted octanol–water partition coefficient (Wildman–Crippen LogP) is 5.19. The maximum Gasteiger partial charge on any atom is 0.337 e. The molecule has 34 heavy (non-hydrogen) atoms. The summed E-state index contributed by atoms with van der Waals surface area (Å²) in [6, 6.07) is 22.3. The number of rotatable bonds is 10. The number of para-hydroxylation sites is 1. The van der Waals surface area contributed by atoms with E-state index in [0.29, 0.717) is 12.3 Å². The third-order valence-corrected chi connectivity index (χ3v) is 6.67. The molecule has 3 aromatic carbocycles. The predicted molar refractivity (Wildman–Crippen MR) is 134 cm³/mol. The van der Waals surface area contributed by atoms with Crippen LogP contribution in [-0.2, 0) is 11.2 Å². The summed E-state index contributed by atoms with van der Waals surface area (Å²) >= 11 is 1.65. The van der Waals surface area contributed by atoms with Crippen molar-refractivity contribution in [2.45, 2.75) is 29.1 Å². The number of ether oxygens (including phenoxy) is 1. The molecular weight excluding hydrogens is 448 g/mol. The van der Waals surface area contributed by atoms with Gasteiger partial charge in [0.15, 0.2) is 0 Å². The summed E-state index contributed by atoms with van der Waals surface area (Å²) in [7, 11) is 0. The van der Waals surface area contributed by atoms with Gasteiger partial charge >= 0.3 is 5.97 Å². The second-order valence-electron chi connectivity index (χ2n) is 8.19. The monoisotopic (exact) mass is 476 g/mol. The highest BCUT2D eigenvalue weighted by molar-refractivity contribution is 7.99. The SMILES string of the molecule is O=C(Cc1ccc(Sc2ccc(OCCN3CCCC3)cc2)cc1)Nc1ccccc1C(=O)O. The Labute approximate surface area is 203 Å². The lowest BCUT2D eigenvalue weighted by Crippen LogP contribution is -2.25. The van der Waals surface area contributed by atoms with Crippen LogP contribution in [0.25, 0.3) is 0 Å². The first-order chi connectivity index (χ1) is 16.6. The third kappa shape index (κ3) is 6.85. The minimum atomic E-state index is -1.07. The average molecular weight is 477 g/mol. The quantitative estimate of drug-likeness (QED) is 0.419. The number of nitrogens with zero attached hydrogens (tertiary/aromatic N) is 1. The fraction of sp³-hybridized carbons (Fsp3) is 0.259. The number of aromatic carboxylic acids is 1. The van der Waals surface area contributed by atoms with Crippen molar-refractivity contribution in [2.24, 2.45) is 0 Å². The fourth-order valence-electron chi connectivity index (χ4n) is 3.87. The lowest BCUT2D eigenvalue weighted by molar-refractivity contribution is -0.115. The molecule has 1 aliphatic rings. The van der Waals surface area contributed by atoms with E-state index >= 15 is 0 Å². The minimum absolute atomic E-state index is 0.0746. The zero-order chi connectivity index (χ0) is 23.8. The van der Waals surface area contributed by atoms with E-state index < -0.39 is 5.97 Å². The standard InChI is InChI=1S/C27H28N2O4S/c30-26(28-25-6-2-1-5-24(25)27(31)32)19-20-7-11-22(12-8-20)34-23-13-9-21(10-14-23)33-18-17-29-15-3-4-16-29/h1-2,5-14H,3-4,15-19H2,(H,28,30)(H,31,32). The van der Waals surface area contributed by atoms with Crippen LogP contribution in [0.4, 0.5) is 5.69 Å². The molecule has 3 aromatic rings. The van der Waals surface area contributed by atoms with Crippen molar-refractivity contribution in [3.8, 4) is 5.75 Å². The number of carboxylic acids is 1. The first-order valence-corrected chi connectivity index (χ1v) is 12.2. The first kappa shape index (κ1) is 23.9. The second kappa shape index (κ2) is 11.7. The smallest absolute Gasteiger partial charge is 0.337 e. The molecule has 176 valence electrons. The Morgan fingerprint density at radius 3 is 2.24 bits per heavy atom. The van der Waals surface area contributed by atoms with Crippen LogP contribution >= 0.6 is 11.8 Å². The average Bonchev–Trinajstić information content (AvgIpc) is 3.35. The Balaban J connectivity index is 1.25. The molecule has 1 aliphatic heterocycles. The van der Waals surface area contributed by atoms with Crippen LogP contribution < -0.4 is 10.1 Å². The van der Waals surface area contributed by atoms with Gasteiger partial charge in [0.05, 0.1) is 17.7 Å². The van der Waals surface area contributed by atoms with E-state index in [1.807, 2.05) is 36.4 Å². The zero-order valence-electron chi connectivity index (χ0n) is 18.9. The number of amides is 1. The summed E-state index contributed by atoms with van der Waals surface area (Å²) in [5.41, 5.74) is 1.23. The van der Waals surface area contributed by atoms with E-state index in [4.69, 9.17) is 4.74 Å².